The molecule has 0 atom stereocenters. The average Bonchev–Trinajstić information content (AvgIpc) is 2.54. The second-order valence-electron chi connectivity index (χ2n) is 3.11. The number of anilines is 1. The van der Waals surface area contributed by atoms with E-state index in [2.05, 4.69) is 4.98 Å². The van der Waals surface area contributed by atoms with E-state index in [1.807, 2.05) is 13.0 Å². The zero-order valence-corrected chi connectivity index (χ0v) is 7.49. The summed E-state index contributed by atoms with van der Waals surface area (Å²) in [5, 5.41) is 0. The molecule has 2 N–H and O–H groups in total. The predicted molar refractivity (Wildman–Crippen MR) is 47.9 cm³/mol. The van der Waals surface area contributed by atoms with Crippen LogP contribution in [0.4, 0.5) is 5.69 Å². The molecule has 1 aliphatic heterocycles. The number of hydrogen-bond donors (Lipinski definition) is 1. The van der Waals surface area contributed by atoms with E-state index in [1.54, 1.807) is 12.4 Å². The number of nitrogens with zero attached hydrogens (tertiary/aromatic N) is 1. The average molecular weight is 180 g/mol. The fourth-order valence-electron chi connectivity index (χ4n) is 1.49. The van der Waals surface area contributed by atoms with Crippen molar-refractivity contribution >= 4 is 5.69 Å². The number of pyridine rings is 1. The van der Waals surface area contributed by atoms with Crippen molar-refractivity contribution in [2.45, 2.75) is 12.7 Å². The molecule has 1 aromatic rings. The standard InChI is InChI=1S/C9H12N2O2/c1-9(12-4-5-13-9)7-2-3-11-6-8(7)10/h2-3,6H,4-5,10H2,1H3. The first kappa shape index (κ1) is 8.47. The second-order valence-corrected chi connectivity index (χ2v) is 3.11. The van der Waals surface area contributed by atoms with Crippen LogP contribution in [0, 0.1) is 0 Å². The van der Waals surface area contributed by atoms with Crippen LogP contribution in [0.2, 0.25) is 0 Å². The maximum absolute atomic E-state index is 5.76. The molecule has 0 radical (unpaired) electrons. The first-order valence-corrected chi connectivity index (χ1v) is 4.20. The molecule has 4 nitrogen and oxygen atoms in total. The third kappa shape index (κ3) is 1.38. The van der Waals surface area contributed by atoms with E-state index in [-0.39, 0.29) is 0 Å². The van der Waals surface area contributed by atoms with Gasteiger partial charge in [0.2, 0.25) is 0 Å². The lowest BCUT2D eigenvalue weighted by molar-refractivity contribution is -0.149. The Morgan fingerprint density at radius 1 is 1.46 bits per heavy atom. The molecule has 0 amide bonds. The molecule has 0 aliphatic carbocycles. The van der Waals surface area contributed by atoms with E-state index >= 15 is 0 Å². The lowest BCUT2D eigenvalue weighted by atomic mass is 10.1. The van der Waals surface area contributed by atoms with Crippen molar-refractivity contribution in [3.63, 3.8) is 0 Å². The van der Waals surface area contributed by atoms with Gasteiger partial charge in [0.15, 0.2) is 5.79 Å². The fourth-order valence-corrected chi connectivity index (χ4v) is 1.49. The maximum atomic E-state index is 5.76. The number of nitrogens with two attached hydrogens (primary N) is 1. The summed E-state index contributed by atoms with van der Waals surface area (Å²) in [7, 11) is 0. The molecule has 70 valence electrons. The van der Waals surface area contributed by atoms with E-state index in [1.165, 1.54) is 0 Å². The number of aromatic nitrogens is 1. The summed E-state index contributed by atoms with van der Waals surface area (Å²) in [6, 6.07) is 1.82. The normalized spacial score (nSPS) is 20.4. The number of nitrogen functional groups attached to an aromatic ring is 1. The molecule has 1 saturated heterocycles. The summed E-state index contributed by atoms with van der Waals surface area (Å²) in [6.07, 6.45) is 3.29. The zero-order valence-electron chi connectivity index (χ0n) is 7.49. The first-order chi connectivity index (χ1) is 6.22. The second kappa shape index (κ2) is 2.97. The maximum Gasteiger partial charge on any atom is 0.194 e. The van der Waals surface area contributed by atoms with Crippen molar-refractivity contribution < 1.29 is 9.47 Å². The highest BCUT2D eigenvalue weighted by atomic mass is 16.7. The van der Waals surface area contributed by atoms with Crippen LogP contribution in [0.3, 0.4) is 0 Å². The Morgan fingerprint density at radius 3 is 2.77 bits per heavy atom. The topological polar surface area (TPSA) is 57.4 Å². The molecule has 13 heavy (non-hydrogen) atoms. The van der Waals surface area contributed by atoms with Gasteiger partial charge >= 0.3 is 0 Å². The molecular weight excluding hydrogens is 168 g/mol. The molecule has 1 fully saturated rings. The van der Waals surface area contributed by atoms with E-state index in [9.17, 15) is 0 Å². The lowest BCUT2D eigenvalue weighted by Crippen LogP contribution is -2.23. The summed E-state index contributed by atoms with van der Waals surface area (Å²) >= 11 is 0. The van der Waals surface area contributed by atoms with Gasteiger partial charge in [-0.3, -0.25) is 4.98 Å². The van der Waals surface area contributed by atoms with Gasteiger partial charge in [-0.25, -0.2) is 0 Å². The molecule has 0 spiro atoms. The minimum atomic E-state index is -0.687. The van der Waals surface area contributed by atoms with Gasteiger partial charge in [0.05, 0.1) is 25.1 Å². The van der Waals surface area contributed by atoms with E-state index in [0.29, 0.717) is 18.9 Å². The molecule has 1 aliphatic rings. The Labute approximate surface area is 76.7 Å². The number of hydrogen-bond acceptors (Lipinski definition) is 4. The molecule has 2 rings (SSSR count). The van der Waals surface area contributed by atoms with Crippen LogP contribution < -0.4 is 5.73 Å². The van der Waals surface area contributed by atoms with Crippen LogP contribution in [-0.2, 0) is 15.3 Å². The molecule has 0 aromatic carbocycles. The predicted octanol–water partition coefficient (Wildman–Crippen LogP) is 0.883. The summed E-state index contributed by atoms with van der Waals surface area (Å²) < 4.78 is 11.0. The highest BCUT2D eigenvalue weighted by Gasteiger charge is 2.34. The van der Waals surface area contributed by atoms with E-state index < -0.39 is 5.79 Å². The van der Waals surface area contributed by atoms with Gasteiger partial charge in [-0.05, 0) is 13.0 Å². The molecular formula is C9H12N2O2. The van der Waals surface area contributed by atoms with Crippen LogP contribution in [-0.4, -0.2) is 18.2 Å². The molecule has 1 aromatic heterocycles. The Balaban J connectivity index is 2.39. The van der Waals surface area contributed by atoms with Crippen molar-refractivity contribution in [3.05, 3.63) is 24.0 Å². The summed E-state index contributed by atoms with van der Waals surface area (Å²) in [4.78, 5) is 3.91. The molecule has 0 saturated carbocycles. The van der Waals surface area contributed by atoms with Crippen LogP contribution in [0.25, 0.3) is 0 Å². The summed E-state index contributed by atoms with van der Waals surface area (Å²) in [6.45, 7) is 3.09. The van der Waals surface area contributed by atoms with Crippen molar-refractivity contribution in [1.82, 2.24) is 4.98 Å². The van der Waals surface area contributed by atoms with Crippen molar-refractivity contribution in [2.24, 2.45) is 0 Å². The van der Waals surface area contributed by atoms with E-state index in [4.69, 9.17) is 15.2 Å². The van der Waals surface area contributed by atoms with Gasteiger partial charge in [-0.2, -0.15) is 0 Å². The van der Waals surface area contributed by atoms with Crippen LogP contribution in [0.1, 0.15) is 12.5 Å². The largest absolute Gasteiger partial charge is 0.397 e. The fraction of sp³-hybridized carbons (Fsp3) is 0.444. The van der Waals surface area contributed by atoms with Gasteiger partial charge in [0.1, 0.15) is 0 Å². The van der Waals surface area contributed by atoms with Gasteiger partial charge in [-0.1, -0.05) is 0 Å². The smallest absolute Gasteiger partial charge is 0.194 e. The monoisotopic (exact) mass is 180 g/mol. The molecule has 2 heterocycles. The molecule has 0 unspecified atom stereocenters. The van der Waals surface area contributed by atoms with Crippen LogP contribution >= 0.6 is 0 Å². The third-order valence-electron chi connectivity index (χ3n) is 2.18. The summed E-state index contributed by atoms with van der Waals surface area (Å²) in [5.41, 5.74) is 7.21. The lowest BCUT2D eigenvalue weighted by Gasteiger charge is -2.23. The van der Waals surface area contributed by atoms with Crippen molar-refractivity contribution in [1.29, 1.82) is 0 Å². The van der Waals surface area contributed by atoms with Gasteiger partial charge in [-0.15, -0.1) is 0 Å². The number of ether oxygens (including phenoxy) is 2. The number of rotatable bonds is 1. The molecule has 0 bridgehead atoms. The quantitative estimate of drug-likeness (QED) is 0.697. The third-order valence-corrected chi connectivity index (χ3v) is 2.18. The van der Waals surface area contributed by atoms with Gasteiger partial charge < -0.3 is 15.2 Å². The molecule has 4 heteroatoms. The Bertz CT molecular complexity index is 308. The van der Waals surface area contributed by atoms with Gasteiger partial charge in [0, 0.05) is 11.8 Å². The minimum Gasteiger partial charge on any atom is -0.397 e. The highest BCUT2D eigenvalue weighted by molar-refractivity contribution is 5.46. The zero-order chi connectivity index (χ0) is 9.31. The first-order valence-electron chi connectivity index (χ1n) is 4.20. The SMILES string of the molecule is CC1(c2ccncc2N)OCCO1. The Kier molecular flexibility index (Phi) is 1.94. The van der Waals surface area contributed by atoms with Crippen molar-refractivity contribution in [3.8, 4) is 0 Å². The van der Waals surface area contributed by atoms with Gasteiger partial charge in [0.25, 0.3) is 0 Å². The van der Waals surface area contributed by atoms with Crippen molar-refractivity contribution in [2.75, 3.05) is 18.9 Å². The highest BCUT2D eigenvalue weighted by Crippen LogP contribution is 2.33. The Hall–Kier alpha value is -1.13. The van der Waals surface area contributed by atoms with Crippen LogP contribution in [0.5, 0.6) is 0 Å². The minimum absolute atomic E-state index is 0.604. The van der Waals surface area contributed by atoms with Crippen LogP contribution in [0.15, 0.2) is 18.5 Å². The Morgan fingerprint density at radius 2 is 2.15 bits per heavy atom. The van der Waals surface area contributed by atoms with E-state index in [0.717, 1.165) is 5.56 Å². The summed E-state index contributed by atoms with van der Waals surface area (Å²) in [5.74, 6) is -0.687.